The summed E-state index contributed by atoms with van der Waals surface area (Å²) in [4.78, 5) is 14.9. The highest BCUT2D eigenvalue weighted by Crippen LogP contribution is 2.16. The predicted octanol–water partition coefficient (Wildman–Crippen LogP) is 0.550. The fourth-order valence-electron chi connectivity index (χ4n) is 1.10. The lowest BCUT2D eigenvalue weighted by Gasteiger charge is -2.02. The minimum Gasteiger partial charge on any atom is -0.367 e. The van der Waals surface area contributed by atoms with Crippen LogP contribution < -0.4 is 5.32 Å². The first-order chi connectivity index (χ1) is 5.86. The maximum Gasteiger partial charge on any atom is 0.250 e. The van der Waals surface area contributed by atoms with Crippen molar-refractivity contribution >= 4 is 11.6 Å². The number of nitrogens with zero attached hydrogens (tertiary/aromatic N) is 1. The summed E-state index contributed by atoms with van der Waals surface area (Å²) in [6.45, 7) is 0.589. The molecule has 0 bridgehead atoms. The van der Waals surface area contributed by atoms with Crippen LogP contribution in [0.4, 0.5) is 5.69 Å². The third-order valence-corrected chi connectivity index (χ3v) is 1.68. The third-order valence-electron chi connectivity index (χ3n) is 1.68. The highest BCUT2D eigenvalue weighted by atomic mass is 16.5. The van der Waals surface area contributed by atoms with Crippen LogP contribution in [-0.2, 0) is 16.1 Å². The number of pyridine rings is 1. The molecular formula is C8H8N2O2. The van der Waals surface area contributed by atoms with Crippen molar-refractivity contribution in [2.45, 2.75) is 6.61 Å². The Morgan fingerprint density at radius 1 is 1.50 bits per heavy atom. The summed E-state index contributed by atoms with van der Waals surface area (Å²) >= 11 is 0. The molecule has 0 aromatic carbocycles. The molecule has 4 nitrogen and oxygen atoms in total. The van der Waals surface area contributed by atoms with E-state index in [1.807, 2.05) is 6.07 Å². The van der Waals surface area contributed by atoms with Crippen molar-refractivity contribution in [2.24, 2.45) is 0 Å². The number of ether oxygens (including phenoxy) is 1. The van der Waals surface area contributed by atoms with E-state index in [0.717, 1.165) is 11.3 Å². The Morgan fingerprint density at radius 2 is 2.42 bits per heavy atom. The highest BCUT2D eigenvalue weighted by Gasteiger charge is 2.11. The largest absolute Gasteiger partial charge is 0.367 e. The van der Waals surface area contributed by atoms with Crippen molar-refractivity contribution in [3.05, 3.63) is 24.0 Å². The second kappa shape index (κ2) is 2.91. The molecule has 12 heavy (non-hydrogen) atoms. The van der Waals surface area contributed by atoms with Crippen LogP contribution >= 0.6 is 0 Å². The van der Waals surface area contributed by atoms with Gasteiger partial charge in [-0.15, -0.1) is 0 Å². The van der Waals surface area contributed by atoms with Crippen LogP contribution in [0.2, 0.25) is 0 Å². The van der Waals surface area contributed by atoms with Gasteiger partial charge in [-0.25, -0.2) is 0 Å². The second-order valence-corrected chi connectivity index (χ2v) is 2.57. The minimum absolute atomic E-state index is 0.120. The molecule has 1 aliphatic heterocycles. The van der Waals surface area contributed by atoms with E-state index in [2.05, 4.69) is 10.3 Å². The molecule has 0 fully saturated rings. The molecule has 0 aliphatic carbocycles. The number of rotatable bonds is 0. The van der Waals surface area contributed by atoms with E-state index in [4.69, 9.17) is 4.74 Å². The molecule has 0 radical (unpaired) electrons. The fourth-order valence-corrected chi connectivity index (χ4v) is 1.10. The molecule has 1 aliphatic rings. The van der Waals surface area contributed by atoms with Crippen molar-refractivity contribution < 1.29 is 9.53 Å². The second-order valence-electron chi connectivity index (χ2n) is 2.57. The van der Waals surface area contributed by atoms with E-state index in [1.54, 1.807) is 12.4 Å². The minimum atomic E-state index is -0.123. The Balaban J connectivity index is 2.37. The van der Waals surface area contributed by atoms with Gasteiger partial charge in [-0.3, -0.25) is 9.78 Å². The van der Waals surface area contributed by atoms with Crippen LogP contribution in [0.25, 0.3) is 0 Å². The highest BCUT2D eigenvalue weighted by molar-refractivity contribution is 5.92. The van der Waals surface area contributed by atoms with E-state index in [1.165, 1.54) is 0 Å². The number of aromatic nitrogens is 1. The van der Waals surface area contributed by atoms with E-state index >= 15 is 0 Å². The van der Waals surface area contributed by atoms with Crippen LogP contribution in [-0.4, -0.2) is 17.5 Å². The van der Waals surface area contributed by atoms with Crippen molar-refractivity contribution in [2.75, 3.05) is 11.9 Å². The number of fused-ring (bicyclic) bond motifs is 1. The number of carbonyl (C=O) groups is 1. The average molecular weight is 164 g/mol. The zero-order valence-corrected chi connectivity index (χ0v) is 6.41. The Bertz CT molecular complexity index is 312. The molecule has 1 N–H and O–H groups in total. The Hall–Kier alpha value is -1.42. The van der Waals surface area contributed by atoms with Gasteiger partial charge < -0.3 is 10.1 Å². The van der Waals surface area contributed by atoms with E-state index in [9.17, 15) is 4.79 Å². The van der Waals surface area contributed by atoms with E-state index in [-0.39, 0.29) is 12.5 Å². The number of hydrogen-bond acceptors (Lipinski definition) is 3. The van der Waals surface area contributed by atoms with Gasteiger partial charge >= 0.3 is 0 Å². The first-order valence-electron chi connectivity index (χ1n) is 3.67. The van der Waals surface area contributed by atoms with Crippen LogP contribution in [0.3, 0.4) is 0 Å². The topological polar surface area (TPSA) is 51.2 Å². The van der Waals surface area contributed by atoms with E-state index in [0.29, 0.717) is 6.61 Å². The molecule has 1 amide bonds. The summed E-state index contributed by atoms with van der Waals surface area (Å²) in [7, 11) is 0. The third kappa shape index (κ3) is 1.29. The van der Waals surface area contributed by atoms with Crippen molar-refractivity contribution in [1.29, 1.82) is 0 Å². The Kier molecular flexibility index (Phi) is 1.75. The first-order valence-corrected chi connectivity index (χ1v) is 3.67. The molecule has 0 unspecified atom stereocenters. The van der Waals surface area contributed by atoms with Gasteiger partial charge in [-0.1, -0.05) is 0 Å². The lowest BCUT2D eigenvalue weighted by Crippen LogP contribution is -2.14. The van der Waals surface area contributed by atoms with Gasteiger partial charge in [0.1, 0.15) is 6.61 Å². The van der Waals surface area contributed by atoms with Gasteiger partial charge in [0.05, 0.1) is 18.5 Å². The Labute approximate surface area is 69.6 Å². The monoisotopic (exact) mass is 164 g/mol. The number of anilines is 1. The molecule has 2 heterocycles. The van der Waals surface area contributed by atoms with Gasteiger partial charge in [0.15, 0.2) is 0 Å². The van der Waals surface area contributed by atoms with Crippen LogP contribution in [0.1, 0.15) is 5.56 Å². The molecule has 0 spiro atoms. The van der Waals surface area contributed by atoms with Gasteiger partial charge in [-0.2, -0.15) is 0 Å². The van der Waals surface area contributed by atoms with Gasteiger partial charge in [-0.05, 0) is 6.07 Å². The molecule has 1 aromatic heterocycles. The molecule has 0 atom stereocenters. The standard InChI is InChI=1S/C8H8N2O2/c11-8-5-12-4-6-1-2-9-3-7(6)10-8/h1-3H,4-5H2,(H,10,11). The maximum absolute atomic E-state index is 11.0. The lowest BCUT2D eigenvalue weighted by atomic mass is 10.2. The first kappa shape index (κ1) is 7.24. The van der Waals surface area contributed by atoms with E-state index < -0.39 is 0 Å². The van der Waals surface area contributed by atoms with Crippen molar-refractivity contribution in [3.8, 4) is 0 Å². The average Bonchev–Trinajstić information content (AvgIpc) is 2.25. The SMILES string of the molecule is O=C1COCc2ccncc2N1. The van der Waals surface area contributed by atoms with Gasteiger partial charge in [0, 0.05) is 11.8 Å². The predicted molar refractivity (Wildman–Crippen MR) is 42.5 cm³/mol. The summed E-state index contributed by atoms with van der Waals surface area (Å²) in [6.07, 6.45) is 3.31. The van der Waals surface area contributed by atoms with Crippen LogP contribution in [0.15, 0.2) is 18.5 Å². The molecule has 4 heteroatoms. The van der Waals surface area contributed by atoms with Gasteiger partial charge in [0.25, 0.3) is 0 Å². The molecular weight excluding hydrogens is 156 g/mol. The molecule has 2 rings (SSSR count). The quantitative estimate of drug-likeness (QED) is 0.609. The summed E-state index contributed by atoms with van der Waals surface area (Å²) in [5.74, 6) is -0.123. The normalized spacial score (nSPS) is 16.2. The maximum atomic E-state index is 11.0. The fraction of sp³-hybridized carbons (Fsp3) is 0.250. The lowest BCUT2D eigenvalue weighted by molar-refractivity contribution is -0.120. The summed E-state index contributed by atoms with van der Waals surface area (Å²) in [6, 6.07) is 1.83. The molecule has 0 saturated carbocycles. The number of nitrogens with one attached hydrogen (secondary N) is 1. The zero-order valence-electron chi connectivity index (χ0n) is 6.41. The van der Waals surface area contributed by atoms with Crippen LogP contribution in [0, 0.1) is 0 Å². The summed E-state index contributed by atoms with van der Waals surface area (Å²) in [5.41, 5.74) is 1.72. The smallest absolute Gasteiger partial charge is 0.250 e. The Morgan fingerprint density at radius 3 is 3.33 bits per heavy atom. The molecule has 62 valence electrons. The summed E-state index contributed by atoms with van der Waals surface area (Å²) < 4.78 is 5.09. The number of hydrogen-bond donors (Lipinski definition) is 1. The zero-order chi connectivity index (χ0) is 8.39. The van der Waals surface area contributed by atoms with Crippen molar-refractivity contribution in [1.82, 2.24) is 4.98 Å². The number of amides is 1. The van der Waals surface area contributed by atoms with Gasteiger partial charge in [0.2, 0.25) is 5.91 Å². The molecule has 0 saturated heterocycles. The molecule has 1 aromatic rings. The number of carbonyl (C=O) groups excluding carboxylic acids is 1. The van der Waals surface area contributed by atoms with Crippen molar-refractivity contribution in [3.63, 3.8) is 0 Å². The summed E-state index contributed by atoms with van der Waals surface area (Å²) in [5, 5.41) is 2.70. The van der Waals surface area contributed by atoms with Crippen LogP contribution in [0.5, 0.6) is 0 Å².